The van der Waals surface area contributed by atoms with E-state index in [9.17, 15) is 0 Å². The molecule has 0 aliphatic carbocycles. The number of hydrogen-bond donors (Lipinski definition) is 1. The highest BCUT2D eigenvalue weighted by Gasteiger charge is 1.96. The first kappa shape index (κ1) is 12.7. The van der Waals surface area contributed by atoms with Gasteiger partial charge in [0.15, 0.2) is 0 Å². The Kier molecular flexibility index (Phi) is 4.79. The van der Waals surface area contributed by atoms with Crippen LogP contribution in [0, 0.1) is 0 Å². The molecule has 0 fully saturated rings. The molecule has 1 N–H and O–H groups in total. The van der Waals surface area contributed by atoms with Crippen molar-refractivity contribution in [2.75, 3.05) is 19.0 Å². The van der Waals surface area contributed by atoms with E-state index >= 15 is 0 Å². The molecule has 2 aromatic rings. The molecule has 2 heteroatoms. The number of methoxy groups -OCH3 is 1. The van der Waals surface area contributed by atoms with Crippen LogP contribution in [0.25, 0.3) is 0 Å². The predicted molar refractivity (Wildman–Crippen MR) is 75.8 cm³/mol. The van der Waals surface area contributed by atoms with Crippen molar-refractivity contribution < 1.29 is 4.74 Å². The minimum Gasteiger partial charge on any atom is -0.385 e. The molecule has 0 atom stereocenters. The average Bonchev–Trinajstić information content (AvgIpc) is 2.41. The smallest absolute Gasteiger partial charge is 0.0713 e. The lowest BCUT2D eigenvalue weighted by Crippen LogP contribution is -2.05. The van der Waals surface area contributed by atoms with Gasteiger partial charge < -0.3 is 10.1 Å². The Labute approximate surface area is 109 Å². The van der Waals surface area contributed by atoms with E-state index in [1.165, 1.54) is 11.1 Å². The maximum absolute atomic E-state index is 5.13. The van der Waals surface area contributed by atoms with Crippen molar-refractivity contribution in [3.8, 4) is 0 Å². The molecule has 94 valence electrons. The van der Waals surface area contributed by atoms with Crippen molar-refractivity contribution >= 4 is 5.69 Å². The first-order chi connectivity index (χ1) is 8.88. The summed E-state index contributed by atoms with van der Waals surface area (Å²) in [5.74, 6) is 0. The Morgan fingerprint density at radius 1 is 0.944 bits per heavy atom. The van der Waals surface area contributed by atoms with E-state index in [2.05, 4.69) is 53.8 Å². The summed E-state index contributed by atoms with van der Waals surface area (Å²) in [5, 5.41) is 3.44. The molecule has 2 nitrogen and oxygen atoms in total. The average molecular weight is 241 g/mol. The summed E-state index contributed by atoms with van der Waals surface area (Å²) in [5.41, 5.74) is 3.71. The van der Waals surface area contributed by atoms with E-state index in [1.807, 2.05) is 6.07 Å². The maximum atomic E-state index is 5.13. The minimum atomic E-state index is 0.661. The molecule has 0 heterocycles. The molecule has 2 aromatic carbocycles. The topological polar surface area (TPSA) is 21.3 Å². The summed E-state index contributed by atoms with van der Waals surface area (Å²) in [6, 6.07) is 18.9. The number of hydrogen-bond acceptors (Lipinski definition) is 2. The second-order valence-corrected chi connectivity index (χ2v) is 4.30. The van der Waals surface area contributed by atoms with Crippen molar-refractivity contribution in [2.24, 2.45) is 0 Å². The first-order valence-electron chi connectivity index (χ1n) is 6.24. The molecule has 0 saturated carbocycles. The van der Waals surface area contributed by atoms with Gasteiger partial charge in [-0.1, -0.05) is 42.5 Å². The largest absolute Gasteiger partial charge is 0.385 e. The van der Waals surface area contributed by atoms with Crippen LogP contribution in [-0.2, 0) is 17.8 Å². The van der Waals surface area contributed by atoms with Crippen LogP contribution in [0.15, 0.2) is 54.6 Å². The summed E-state index contributed by atoms with van der Waals surface area (Å²) >= 11 is 0. The summed E-state index contributed by atoms with van der Waals surface area (Å²) in [4.78, 5) is 0. The summed E-state index contributed by atoms with van der Waals surface area (Å²) < 4.78 is 5.13. The molecule has 0 radical (unpaired) electrons. The lowest BCUT2D eigenvalue weighted by molar-refractivity contribution is 0.185. The quantitative estimate of drug-likeness (QED) is 0.836. The van der Waals surface area contributed by atoms with Crippen LogP contribution in [-0.4, -0.2) is 13.7 Å². The third kappa shape index (κ3) is 3.90. The van der Waals surface area contributed by atoms with Gasteiger partial charge in [0.1, 0.15) is 0 Å². The first-order valence-corrected chi connectivity index (χ1v) is 6.24. The molecule has 0 amide bonds. The van der Waals surface area contributed by atoms with Gasteiger partial charge in [-0.05, 0) is 29.7 Å². The van der Waals surface area contributed by atoms with Crippen LogP contribution in [0.2, 0.25) is 0 Å². The van der Waals surface area contributed by atoms with E-state index in [0.717, 1.165) is 18.7 Å². The van der Waals surface area contributed by atoms with E-state index in [-0.39, 0.29) is 0 Å². The Balaban J connectivity index is 1.84. The molecule has 0 aliphatic rings. The number of anilines is 1. The minimum absolute atomic E-state index is 0.661. The second-order valence-electron chi connectivity index (χ2n) is 4.30. The molecule has 0 aromatic heterocycles. The van der Waals surface area contributed by atoms with Crippen molar-refractivity contribution in [1.82, 2.24) is 0 Å². The highest BCUT2D eigenvalue weighted by molar-refractivity contribution is 5.45. The lowest BCUT2D eigenvalue weighted by Gasteiger charge is -2.08. The maximum Gasteiger partial charge on any atom is 0.0713 e. The Morgan fingerprint density at radius 2 is 1.72 bits per heavy atom. The summed E-state index contributed by atoms with van der Waals surface area (Å²) in [6.07, 6.45) is 1.04. The van der Waals surface area contributed by atoms with Crippen LogP contribution in [0.5, 0.6) is 0 Å². The van der Waals surface area contributed by atoms with Crippen molar-refractivity contribution in [1.29, 1.82) is 0 Å². The third-order valence-electron chi connectivity index (χ3n) is 2.82. The SMILES string of the molecule is COCc1cccc(NCCc2ccccc2)c1. The fourth-order valence-corrected chi connectivity index (χ4v) is 1.93. The zero-order chi connectivity index (χ0) is 12.6. The normalized spacial score (nSPS) is 10.3. The summed E-state index contributed by atoms with van der Waals surface area (Å²) in [6.45, 7) is 1.61. The number of nitrogens with one attached hydrogen (secondary N) is 1. The van der Waals surface area contributed by atoms with Crippen molar-refractivity contribution in [3.05, 3.63) is 65.7 Å². The molecular weight excluding hydrogens is 222 g/mol. The van der Waals surface area contributed by atoms with Gasteiger partial charge in [-0.15, -0.1) is 0 Å². The molecular formula is C16H19NO. The van der Waals surface area contributed by atoms with Crippen LogP contribution < -0.4 is 5.32 Å². The third-order valence-corrected chi connectivity index (χ3v) is 2.82. The van der Waals surface area contributed by atoms with Gasteiger partial charge in [-0.3, -0.25) is 0 Å². The van der Waals surface area contributed by atoms with Crippen molar-refractivity contribution in [3.63, 3.8) is 0 Å². The van der Waals surface area contributed by atoms with Gasteiger partial charge in [0.2, 0.25) is 0 Å². The van der Waals surface area contributed by atoms with Gasteiger partial charge in [0.25, 0.3) is 0 Å². The number of rotatable bonds is 6. The molecule has 18 heavy (non-hydrogen) atoms. The predicted octanol–water partition coefficient (Wildman–Crippen LogP) is 3.49. The molecule has 2 rings (SSSR count). The zero-order valence-electron chi connectivity index (χ0n) is 10.7. The fraction of sp³-hybridized carbons (Fsp3) is 0.250. The van der Waals surface area contributed by atoms with Gasteiger partial charge in [0.05, 0.1) is 6.61 Å². The highest BCUT2D eigenvalue weighted by Crippen LogP contribution is 2.11. The lowest BCUT2D eigenvalue weighted by atomic mass is 10.1. The van der Waals surface area contributed by atoms with Gasteiger partial charge in [-0.2, -0.15) is 0 Å². The number of benzene rings is 2. The second kappa shape index (κ2) is 6.82. The monoisotopic (exact) mass is 241 g/mol. The number of ether oxygens (including phenoxy) is 1. The Morgan fingerprint density at radius 3 is 2.50 bits per heavy atom. The standard InChI is InChI=1S/C16H19NO/c1-18-13-15-8-5-9-16(12-15)17-11-10-14-6-3-2-4-7-14/h2-9,12,17H,10-11,13H2,1H3. The molecule has 0 aliphatic heterocycles. The fourth-order valence-electron chi connectivity index (χ4n) is 1.93. The highest BCUT2D eigenvalue weighted by atomic mass is 16.5. The Bertz CT molecular complexity index is 468. The van der Waals surface area contributed by atoms with Crippen LogP contribution >= 0.6 is 0 Å². The van der Waals surface area contributed by atoms with Crippen LogP contribution in [0.4, 0.5) is 5.69 Å². The zero-order valence-corrected chi connectivity index (χ0v) is 10.7. The van der Waals surface area contributed by atoms with E-state index < -0.39 is 0 Å². The van der Waals surface area contributed by atoms with Gasteiger partial charge in [-0.25, -0.2) is 0 Å². The van der Waals surface area contributed by atoms with Gasteiger partial charge in [0, 0.05) is 19.3 Å². The van der Waals surface area contributed by atoms with E-state index in [1.54, 1.807) is 7.11 Å². The van der Waals surface area contributed by atoms with Crippen molar-refractivity contribution in [2.45, 2.75) is 13.0 Å². The van der Waals surface area contributed by atoms with Crippen LogP contribution in [0.3, 0.4) is 0 Å². The Hall–Kier alpha value is -1.80. The van der Waals surface area contributed by atoms with Gasteiger partial charge >= 0.3 is 0 Å². The molecule has 0 bridgehead atoms. The van der Waals surface area contributed by atoms with Crippen LogP contribution in [0.1, 0.15) is 11.1 Å². The van der Waals surface area contributed by atoms with E-state index in [0.29, 0.717) is 6.61 Å². The van der Waals surface area contributed by atoms with E-state index in [4.69, 9.17) is 4.74 Å². The summed E-state index contributed by atoms with van der Waals surface area (Å²) in [7, 11) is 1.72. The molecule has 0 spiro atoms. The molecule has 0 saturated heterocycles. The molecule has 0 unspecified atom stereocenters.